The van der Waals surface area contributed by atoms with Crippen LogP contribution in [0.15, 0.2) is 24.4 Å². The molecule has 0 aliphatic carbocycles. The summed E-state index contributed by atoms with van der Waals surface area (Å²) < 4.78 is 25.9. The van der Waals surface area contributed by atoms with Crippen molar-refractivity contribution in [1.82, 2.24) is 4.57 Å². The normalized spacial score (nSPS) is 11.0. The standard InChI is InChI=1S/C18H20FN3O3/c1-18(2,3)10-25-14-6-5-12(7-13(14)19)22-9-11(8-20)15(21)16(22)17(23)24-4/h5-7,9H,10,21H2,1-4H3. The highest BCUT2D eigenvalue weighted by atomic mass is 19.1. The molecule has 2 rings (SSSR count). The van der Waals surface area contributed by atoms with Gasteiger partial charge in [0.05, 0.1) is 25.0 Å². The van der Waals surface area contributed by atoms with Gasteiger partial charge >= 0.3 is 5.97 Å². The van der Waals surface area contributed by atoms with E-state index in [-0.39, 0.29) is 28.1 Å². The Kier molecular flexibility index (Phi) is 5.02. The zero-order chi connectivity index (χ0) is 18.8. The fraction of sp³-hybridized carbons (Fsp3) is 0.333. The highest BCUT2D eigenvalue weighted by Gasteiger charge is 2.22. The Hall–Kier alpha value is -3.01. The van der Waals surface area contributed by atoms with Crippen molar-refractivity contribution in [3.63, 3.8) is 0 Å². The van der Waals surface area contributed by atoms with Crippen molar-refractivity contribution in [2.45, 2.75) is 20.8 Å². The number of carbonyl (C=O) groups is 1. The first-order valence-corrected chi connectivity index (χ1v) is 7.60. The summed E-state index contributed by atoms with van der Waals surface area (Å²) in [6, 6.07) is 6.16. The number of nitrogen functional groups attached to an aromatic ring is 1. The molecule has 1 aromatic carbocycles. The molecule has 2 aromatic rings. The van der Waals surface area contributed by atoms with Crippen LogP contribution in [0.1, 0.15) is 36.8 Å². The monoisotopic (exact) mass is 345 g/mol. The van der Waals surface area contributed by atoms with Crippen LogP contribution in [0.2, 0.25) is 0 Å². The Morgan fingerprint density at radius 1 is 1.40 bits per heavy atom. The number of carbonyl (C=O) groups excluding carboxylic acids is 1. The topological polar surface area (TPSA) is 90.3 Å². The average molecular weight is 345 g/mol. The van der Waals surface area contributed by atoms with E-state index in [4.69, 9.17) is 20.5 Å². The number of nitrogens with zero attached hydrogens (tertiary/aromatic N) is 2. The van der Waals surface area contributed by atoms with Crippen LogP contribution in [0.4, 0.5) is 10.1 Å². The van der Waals surface area contributed by atoms with E-state index in [1.54, 1.807) is 6.07 Å². The lowest BCUT2D eigenvalue weighted by Crippen LogP contribution is -2.17. The Balaban J connectivity index is 2.45. The summed E-state index contributed by atoms with van der Waals surface area (Å²) in [7, 11) is 1.20. The van der Waals surface area contributed by atoms with E-state index < -0.39 is 11.8 Å². The van der Waals surface area contributed by atoms with Gasteiger partial charge in [-0.15, -0.1) is 0 Å². The van der Waals surface area contributed by atoms with Gasteiger partial charge in [0, 0.05) is 18.0 Å². The number of rotatable bonds is 4. The molecule has 25 heavy (non-hydrogen) atoms. The third-order valence-corrected chi connectivity index (χ3v) is 3.40. The zero-order valence-electron chi connectivity index (χ0n) is 14.6. The molecular weight excluding hydrogens is 325 g/mol. The fourth-order valence-corrected chi connectivity index (χ4v) is 2.17. The van der Waals surface area contributed by atoms with Crippen LogP contribution < -0.4 is 10.5 Å². The number of hydrogen-bond donors (Lipinski definition) is 1. The van der Waals surface area contributed by atoms with Crippen molar-refractivity contribution in [3.8, 4) is 17.5 Å². The van der Waals surface area contributed by atoms with Crippen LogP contribution in [0.25, 0.3) is 5.69 Å². The minimum atomic E-state index is -0.715. The Labute approximate surface area is 145 Å². The minimum Gasteiger partial charge on any atom is -0.490 e. The van der Waals surface area contributed by atoms with Crippen LogP contribution >= 0.6 is 0 Å². The van der Waals surface area contributed by atoms with Gasteiger partial charge in [-0.1, -0.05) is 20.8 Å². The number of nitrogens with two attached hydrogens (primary N) is 1. The minimum absolute atomic E-state index is 0.0113. The molecule has 0 saturated heterocycles. The molecule has 2 N–H and O–H groups in total. The molecule has 0 spiro atoms. The molecule has 1 aromatic heterocycles. The van der Waals surface area contributed by atoms with Gasteiger partial charge in [0.1, 0.15) is 6.07 Å². The first-order chi connectivity index (χ1) is 11.7. The van der Waals surface area contributed by atoms with Crippen LogP contribution in [-0.4, -0.2) is 24.3 Å². The van der Waals surface area contributed by atoms with Gasteiger partial charge < -0.3 is 19.8 Å². The van der Waals surface area contributed by atoms with Gasteiger partial charge in [0.2, 0.25) is 0 Å². The number of nitriles is 1. The molecule has 0 radical (unpaired) electrons. The van der Waals surface area contributed by atoms with E-state index in [2.05, 4.69) is 0 Å². The first kappa shape index (κ1) is 18.3. The number of ether oxygens (including phenoxy) is 2. The summed E-state index contributed by atoms with van der Waals surface area (Å²) in [6.07, 6.45) is 1.37. The maximum atomic E-state index is 14.4. The van der Waals surface area contributed by atoms with Crippen molar-refractivity contribution < 1.29 is 18.7 Å². The number of methoxy groups -OCH3 is 1. The average Bonchev–Trinajstić information content (AvgIpc) is 2.88. The molecule has 0 atom stereocenters. The number of aromatic nitrogens is 1. The molecule has 0 saturated carbocycles. The van der Waals surface area contributed by atoms with Crippen molar-refractivity contribution in [3.05, 3.63) is 41.5 Å². The maximum absolute atomic E-state index is 14.4. The molecule has 0 unspecified atom stereocenters. The van der Waals surface area contributed by atoms with Crippen LogP contribution in [-0.2, 0) is 4.74 Å². The molecule has 1 heterocycles. The van der Waals surface area contributed by atoms with Crippen LogP contribution in [0.5, 0.6) is 5.75 Å². The summed E-state index contributed by atoms with van der Waals surface area (Å²) in [5.41, 5.74) is 6.11. The van der Waals surface area contributed by atoms with Crippen LogP contribution in [0, 0.1) is 22.6 Å². The lowest BCUT2D eigenvalue weighted by Gasteiger charge is -2.19. The van der Waals surface area contributed by atoms with E-state index in [9.17, 15) is 9.18 Å². The molecular formula is C18H20FN3O3. The number of anilines is 1. The summed E-state index contributed by atoms with van der Waals surface area (Å²) in [4.78, 5) is 12.0. The summed E-state index contributed by atoms with van der Waals surface area (Å²) >= 11 is 0. The van der Waals surface area contributed by atoms with Gasteiger partial charge in [-0.25, -0.2) is 9.18 Å². The third-order valence-electron chi connectivity index (χ3n) is 3.40. The summed E-state index contributed by atoms with van der Waals surface area (Å²) in [6.45, 7) is 6.29. The third kappa shape index (κ3) is 3.91. The lowest BCUT2D eigenvalue weighted by atomic mass is 9.99. The number of esters is 1. The van der Waals surface area contributed by atoms with E-state index >= 15 is 0 Å². The quantitative estimate of drug-likeness (QED) is 0.859. The molecule has 0 aliphatic rings. The number of halogens is 1. The van der Waals surface area contributed by atoms with Gasteiger partial charge in [-0.05, 0) is 17.5 Å². The first-order valence-electron chi connectivity index (χ1n) is 7.60. The molecule has 6 nitrogen and oxygen atoms in total. The Morgan fingerprint density at radius 3 is 2.60 bits per heavy atom. The fourth-order valence-electron chi connectivity index (χ4n) is 2.17. The summed E-state index contributed by atoms with van der Waals surface area (Å²) in [5.74, 6) is -1.19. The van der Waals surface area contributed by atoms with Crippen molar-refractivity contribution in [1.29, 1.82) is 5.26 Å². The highest BCUT2D eigenvalue weighted by molar-refractivity contribution is 5.95. The highest BCUT2D eigenvalue weighted by Crippen LogP contribution is 2.28. The van der Waals surface area contributed by atoms with Crippen LogP contribution in [0.3, 0.4) is 0 Å². The predicted molar refractivity (Wildman–Crippen MR) is 91.1 cm³/mol. The van der Waals surface area contributed by atoms with E-state index in [1.165, 1.54) is 30.0 Å². The second kappa shape index (κ2) is 6.85. The lowest BCUT2D eigenvalue weighted by molar-refractivity contribution is 0.0593. The second-order valence-electron chi connectivity index (χ2n) is 6.74. The molecule has 132 valence electrons. The molecule has 0 fully saturated rings. The molecule has 0 aliphatic heterocycles. The number of hydrogen-bond acceptors (Lipinski definition) is 5. The zero-order valence-corrected chi connectivity index (χ0v) is 14.6. The van der Waals surface area contributed by atoms with E-state index in [0.29, 0.717) is 12.3 Å². The van der Waals surface area contributed by atoms with Gasteiger partial charge in [0.25, 0.3) is 0 Å². The smallest absolute Gasteiger partial charge is 0.357 e. The second-order valence-corrected chi connectivity index (χ2v) is 6.74. The Bertz CT molecular complexity index is 844. The predicted octanol–water partition coefficient (Wildman–Crippen LogP) is 3.28. The van der Waals surface area contributed by atoms with E-state index in [1.807, 2.05) is 26.8 Å². The van der Waals surface area contributed by atoms with Crippen molar-refractivity contribution in [2.75, 3.05) is 19.5 Å². The largest absolute Gasteiger partial charge is 0.490 e. The van der Waals surface area contributed by atoms with Gasteiger partial charge in [-0.3, -0.25) is 0 Å². The Morgan fingerprint density at radius 2 is 2.08 bits per heavy atom. The van der Waals surface area contributed by atoms with Gasteiger partial charge in [0.15, 0.2) is 17.3 Å². The molecule has 7 heteroatoms. The maximum Gasteiger partial charge on any atom is 0.357 e. The SMILES string of the molecule is COC(=O)c1c(N)c(C#N)cn1-c1ccc(OCC(C)(C)C)c(F)c1. The van der Waals surface area contributed by atoms with E-state index in [0.717, 1.165) is 0 Å². The van der Waals surface area contributed by atoms with Crippen molar-refractivity contribution in [2.24, 2.45) is 5.41 Å². The molecule has 0 amide bonds. The molecule has 0 bridgehead atoms. The number of benzene rings is 1. The van der Waals surface area contributed by atoms with Gasteiger partial charge in [-0.2, -0.15) is 5.26 Å². The van der Waals surface area contributed by atoms with Crippen molar-refractivity contribution >= 4 is 11.7 Å². The summed E-state index contributed by atoms with van der Waals surface area (Å²) in [5, 5.41) is 9.11.